The number of nitrogens with zero attached hydrogens (tertiary/aromatic N) is 2. The van der Waals surface area contributed by atoms with Gasteiger partial charge in [-0.3, -0.25) is 0 Å². The number of hydrogen-bond acceptors (Lipinski definition) is 3. The largest absolute Gasteiger partial charge is 0.417 e. The summed E-state index contributed by atoms with van der Waals surface area (Å²) in [4.78, 5) is 10.4. The van der Waals surface area contributed by atoms with Crippen LogP contribution >= 0.6 is 23.4 Å². The minimum Gasteiger partial charge on any atom is -0.332 e. The van der Waals surface area contributed by atoms with Crippen LogP contribution in [0.2, 0.25) is 5.02 Å². The molecule has 0 saturated carbocycles. The Morgan fingerprint density at radius 3 is 2.43 bits per heavy atom. The molecule has 0 amide bonds. The Bertz CT molecular complexity index is 854. The number of fused-ring (bicyclic) bond motifs is 1. The van der Waals surface area contributed by atoms with Crippen molar-refractivity contribution in [1.82, 2.24) is 15.0 Å². The molecule has 0 aliphatic rings. The second kappa shape index (κ2) is 5.64. The van der Waals surface area contributed by atoms with Crippen LogP contribution in [-0.4, -0.2) is 15.0 Å². The van der Waals surface area contributed by atoms with Crippen molar-refractivity contribution in [3.8, 4) is 0 Å². The number of imidazole rings is 1. The van der Waals surface area contributed by atoms with E-state index in [1.54, 1.807) is 0 Å². The quantitative estimate of drug-likeness (QED) is 0.645. The van der Waals surface area contributed by atoms with Crippen LogP contribution in [0.4, 0.5) is 22.0 Å². The summed E-state index contributed by atoms with van der Waals surface area (Å²) < 4.78 is 63.9. The number of pyridine rings is 1. The van der Waals surface area contributed by atoms with Gasteiger partial charge in [0.25, 0.3) is 0 Å². The van der Waals surface area contributed by atoms with Crippen LogP contribution in [0.3, 0.4) is 0 Å². The maximum atomic E-state index is 13.1. The topological polar surface area (TPSA) is 41.6 Å². The first-order chi connectivity index (χ1) is 10.7. The lowest BCUT2D eigenvalue weighted by atomic mass is 10.3. The zero-order valence-electron chi connectivity index (χ0n) is 10.9. The average molecular weight is 366 g/mol. The molecule has 3 rings (SSSR count). The molecule has 3 aromatic rings. The highest BCUT2D eigenvalue weighted by molar-refractivity contribution is 7.99. The van der Waals surface area contributed by atoms with E-state index in [9.17, 15) is 22.0 Å². The number of alkyl halides is 3. The second-order valence-electron chi connectivity index (χ2n) is 4.44. The summed E-state index contributed by atoms with van der Waals surface area (Å²) in [6.07, 6.45) is -3.90. The van der Waals surface area contributed by atoms with Gasteiger partial charge in [-0.1, -0.05) is 11.6 Å². The Kier molecular flexibility index (Phi) is 3.93. The van der Waals surface area contributed by atoms with Crippen LogP contribution in [-0.2, 0) is 6.18 Å². The minimum atomic E-state index is -4.55. The fourth-order valence-electron chi connectivity index (χ4n) is 1.78. The average Bonchev–Trinajstić information content (AvgIpc) is 2.82. The van der Waals surface area contributed by atoms with Crippen molar-refractivity contribution < 1.29 is 22.0 Å². The molecule has 0 unspecified atom stereocenters. The van der Waals surface area contributed by atoms with Crippen molar-refractivity contribution in [3.63, 3.8) is 0 Å². The SMILES string of the molecule is Fc1cc2nc(Sc3ncc(C(F)(F)F)cc3Cl)[nH]c2cc1F. The van der Waals surface area contributed by atoms with Crippen molar-refractivity contribution in [1.29, 1.82) is 0 Å². The lowest BCUT2D eigenvalue weighted by Gasteiger charge is -2.07. The van der Waals surface area contributed by atoms with E-state index >= 15 is 0 Å². The van der Waals surface area contributed by atoms with Crippen LogP contribution < -0.4 is 0 Å². The third-order valence-electron chi connectivity index (χ3n) is 2.83. The summed E-state index contributed by atoms with van der Waals surface area (Å²) in [6.45, 7) is 0. The van der Waals surface area contributed by atoms with E-state index < -0.39 is 23.4 Å². The van der Waals surface area contributed by atoms with E-state index in [1.165, 1.54) is 0 Å². The molecule has 0 aliphatic heterocycles. The molecule has 10 heteroatoms. The molecule has 0 saturated heterocycles. The molecule has 23 heavy (non-hydrogen) atoms. The van der Waals surface area contributed by atoms with Gasteiger partial charge >= 0.3 is 6.18 Å². The molecule has 0 fully saturated rings. The van der Waals surface area contributed by atoms with E-state index in [2.05, 4.69) is 15.0 Å². The normalized spacial score (nSPS) is 12.1. The van der Waals surface area contributed by atoms with E-state index in [-0.39, 0.29) is 26.2 Å². The van der Waals surface area contributed by atoms with Gasteiger partial charge in [0.05, 0.1) is 21.6 Å². The van der Waals surface area contributed by atoms with Gasteiger partial charge in [0.2, 0.25) is 0 Å². The number of H-pyrrole nitrogens is 1. The van der Waals surface area contributed by atoms with Gasteiger partial charge in [-0.05, 0) is 17.8 Å². The van der Waals surface area contributed by atoms with Gasteiger partial charge in [-0.25, -0.2) is 18.7 Å². The number of nitrogens with one attached hydrogen (secondary N) is 1. The minimum absolute atomic E-state index is 0.0830. The number of aromatic nitrogens is 3. The molecule has 1 N–H and O–H groups in total. The zero-order valence-corrected chi connectivity index (χ0v) is 12.5. The first kappa shape index (κ1) is 16.0. The Morgan fingerprint density at radius 2 is 1.78 bits per heavy atom. The highest BCUT2D eigenvalue weighted by Crippen LogP contribution is 2.36. The summed E-state index contributed by atoms with van der Waals surface area (Å²) in [5.74, 6) is -2.09. The van der Waals surface area contributed by atoms with E-state index in [1.807, 2.05) is 0 Å². The zero-order chi connectivity index (χ0) is 16.8. The predicted molar refractivity (Wildman–Crippen MR) is 74.4 cm³/mol. The molecule has 0 bridgehead atoms. The van der Waals surface area contributed by atoms with E-state index in [0.717, 1.165) is 30.0 Å². The molecule has 2 heterocycles. The fourth-order valence-corrected chi connectivity index (χ4v) is 2.81. The lowest BCUT2D eigenvalue weighted by Crippen LogP contribution is -2.05. The number of halogens is 6. The molecule has 1 aromatic carbocycles. The lowest BCUT2D eigenvalue weighted by molar-refractivity contribution is -0.137. The Morgan fingerprint density at radius 1 is 1.09 bits per heavy atom. The summed E-state index contributed by atoms with van der Waals surface area (Å²) in [6, 6.07) is 2.59. The first-order valence-electron chi connectivity index (χ1n) is 5.99. The number of aromatic amines is 1. The van der Waals surface area contributed by atoms with Crippen molar-refractivity contribution in [2.75, 3.05) is 0 Å². The molecular formula is C13H5ClF5N3S. The standard InChI is InChI=1S/C13H5ClF5N3S/c14-6-1-5(13(17,18)19)4-20-11(6)23-12-21-9-2-7(15)8(16)3-10(9)22-12/h1-4H,(H,21,22). The smallest absolute Gasteiger partial charge is 0.332 e. The van der Waals surface area contributed by atoms with E-state index in [0.29, 0.717) is 6.20 Å². The fraction of sp³-hybridized carbons (Fsp3) is 0.0769. The number of hydrogen-bond donors (Lipinski definition) is 1. The van der Waals surface area contributed by atoms with Crippen LogP contribution in [0.5, 0.6) is 0 Å². The third-order valence-corrected chi connectivity index (χ3v) is 4.14. The van der Waals surface area contributed by atoms with Gasteiger partial charge in [0, 0.05) is 18.3 Å². The summed E-state index contributed by atoms with van der Waals surface area (Å²) in [7, 11) is 0. The van der Waals surface area contributed by atoms with Crippen LogP contribution in [0, 0.1) is 11.6 Å². The van der Waals surface area contributed by atoms with Crippen LogP contribution in [0.15, 0.2) is 34.6 Å². The molecule has 0 radical (unpaired) electrons. The number of benzene rings is 1. The maximum Gasteiger partial charge on any atom is 0.417 e. The molecular weight excluding hydrogens is 361 g/mol. The van der Waals surface area contributed by atoms with Crippen molar-refractivity contribution >= 4 is 34.4 Å². The van der Waals surface area contributed by atoms with E-state index in [4.69, 9.17) is 11.6 Å². The molecule has 2 aromatic heterocycles. The van der Waals surface area contributed by atoms with Crippen molar-refractivity contribution in [2.45, 2.75) is 16.4 Å². The Balaban J connectivity index is 1.93. The summed E-state index contributed by atoms with van der Waals surface area (Å²) in [5.41, 5.74) is -0.551. The molecule has 0 aliphatic carbocycles. The van der Waals surface area contributed by atoms with Crippen LogP contribution in [0.25, 0.3) is 11.0 Å². The second-order valence-corrected chi connectivity index (χ2v) is 5.82. The van der Waals surface area contributed by atoms with Gasteiger partial charge in [0.1, 0.15) is 5.03 Å². The highest BCUT2D eigenvalue weighted by Gasteiger charge is 2.31. The van der Waals surface area contributed by atoms with Crippen molar-refractivity contribution in [2.24, 2.45) is 0 Å². The Hall–Kier alpha value is -1.87. The molecule has 0 atom stereocenters. The molecule has 120 valence electrons. The third kappa shape index (κ3) is 3.25. The maximum absolute atomic E-state index is 13.1. The highest BCUT2D eigenvalue weighted by atomic mass is 35.5. The summed E-state index contributed by atoms with van der Waals surface area (Å²) >= 11 is 6.64. The van der Waals surface area contributed by atoms with Gasteiger partial charge in [0.15, 0.2) is 16.8 Å². The van der Waals surface area contributed by atoms with Gasteiger partial charge < -0.3 is 4.98 Å². The van der Waals surface area contributed by atoms with Crippen LogP contribution in [0.1, 0.15) is 5.56 Å². The monoisotopic (exact) mass is 365 g/mol. The molecule has 3 nitrogen and oxygen atoms in total. The molecule has 0 spiro atoms. The van der Waals surface area contributed by atoms with Gasteiger partial charge in [-0.15, -0.1) is 0 Å². The first-order valence-corrected chi connectivity index (χ1v) is 7.19. The Labute approximate surface area is 134 Å². The predicted octanol–water partition coefficient (Wildman–Crippen LogP) is 5.06. The summed E-state index contributed by atoms with van der Waals surface area (Å²) in [5, 5.41) is 0.0708. The number of rotatable bonds is 2. The van der Waals surface area contributed by atoms with Crippen molar-refractivity contribution in [3.05, 3.63) is 46.6 Å². The van der Waals surface area contributed by atoms with Gasteiger partial charge in [-0.2, -0.15) is 13.2 Å².